The Morgan fingerprint density at radius 3 is 1.67 bits per heavy atom. The molecule has 12 heteroatoms. The van der Waals surface area contributed by atoms with E-state index in [1.165, 1.54) is 11.3 Å². The van der Waals surface area contributed by atoms with Crippen LogP contribution in [0.15, 0.2) is 107 Å². The summed E-state index contributed by atoms with van der Waals surface area (Å²) >= 11 is 3.07. The number of carbonyl (C=O) groups is 3. The van der Waals surface area contributed by atoms with Gasteiger partial charge in [0.2, 0.25) is 11.8 Å². The smallest absolute Gasteiger partial charge is 0.407 e. The Morgan fingerprint density at radius 2 is 1.22 bits per heavy atom. The lowest BCUT2D eigenvalue weighted by molar-refractivity contribution is -0.118. The minimum absolute atomic E-state index is 0. The summed E-state index contributed by atoms with van der Waals surface area (Å²) in [5.74, 6) is -1.11. The van der Waals surface area contributed by atoms with Crippen molar-refractivity contribution in [3.63, 3.8) is 0 Å². The van der Waals surface area contributed by atoms with Gasteiger partial charge >= 0.3 is 6.09 Å². The van der Waals surface area contributed by atoms with Gasteiger partial charge in [0.05, 0.1) is 11.8 Å². The number of pyridine rings is 2. The van der Waals surface area contributed by atoms with Crippen molar-refractivity contribution in [2.75, 3.05) is 23.7 Å². The fourth-order valence-corrected chi connectivity index (χ4v) is 6.41. The number of aromatic nitrogens is 2. The fourth-order valence-electron chi connectivity index (χ4n) is 4.98. The summed E-state index contributed by atoms with van der Waals surface area (Å²) in [7, 11) is 0. The van der Waals surface area contributed by atoms with Crippen LogP contribution in [0.2, 0.25) is 0 Å². The molecule has 268 valence electrons. The fraction of sp³-hybridized carbons (Fsp3) is 0.256. The van der Waals surface area contributed by atoms with Gasteiger partial charge in [-0.05, 0) is 113 Å². The number of anilines is 2. The van der Waals surface area contributed by atoms with E-state index in [1.807, 2.05) is 82.2 Å². The number of alkyl carbamates (subject to hydrolysis) is 1. The molecule has 0 fully saturated rings. The zero-order valence-electron chi connectivity index (χ0n) is 27.4. The van der Waals surface area contributed by atoms with Crippen molar-refractivity contribution in [1.29, 1.82) is 0 Å². The van der Waals surface area contributed by atoms with E-state index in [4.69, 9.17) is 10.5 Å². The van der Waals surface area contributed by atoms with E-state index in [1.54, 1.807) is 56.9 Å². The van der Waals surface area contributed by atoms with Crippen LogP contribution in [0.3, 0.4) is 0 Å². The van der Waals surface area contributed by atoms with Gasteiger partial charge in [-0.3, -0.25) is 19.6 Å². The Morgan fingerprint density at radius 1 is 0.725 bits per heavy atom. The van der Waals surface area contributed by atoms with Crippen LogP contribution in [0.1, 0.15) is 58.6 Å². The van der Waals surface area contributed by atoms with Crippen LogP contribution < -0.4 is 21.7 Å². The molecule has 4 aromatic heterocycles. The molecule has 51 heavy (non-hydrogen) atoms. The summed E-state index contributed by atoms with van der Waals surface area (Å²) in [6.45, 7) is 5.83. The number of amides is 3. The van der Waals surface area contributed by atoms with Gasteiger partial charge in [0, 0.05) is 60.0 Å². The van der Waals surface area contributed by atoms with Crippen LogP contribution in [0, 0.1) is 0 Å². The van der Waals surface area contributed by atoms with Gasteiger partial charge in [-0.25, -0.2) is 4.79 Å². The van der Waals surface area contributed by atoms with E-state index in [-0.39, 0.29) is 39.1 Å². The number of ether oxygens (including phenoxy) is 1. The molecule has 2 aromatic carbocycles. The predicted molar refractivity (Wildman–Crippen MR) is 212 cm³/mol. The topological polar surface area (TPSA) is 148 Å². The number of hydrogen-bond donors (Lipinski definition) is 4. The van der Waals surface area contributed by atoms with Crippen molar-refractivity contribution >= 4 is 73.5 Å². The molecule has 6 rings (SSSR count). The van der Waals surface area contributed by atoms with Gasteiger partial charge in [-0.15, -0.1) is 0 Å². The van der Waals surface area contributed by atoms with E-state index < -0.39 is 17.6 Å². The Kier molecular flexibility index (Phi) is 14.8. The lowest BCUT2D eigenvalue weighted by atomic mass is 10.0. The number of carbonyl (C=O) groups excluding carboxylic acids is 3. The first-order valence-electron chi connectivity index (χ1n) is 15.6. The van der Waals surface area contributed by atoms with Crippen LogP contribution in [-0.4, -0.2) is 46.6 Å². The molecule has 0 aliphatic heterocycles. The minimum Gasteiger partial charge on any atom is -0.444 e. The van der Waals surface area contributed by atoms with Crippen LogP contribution in [0.25, 0.3) is 21.5 Å². The lowest BCUT2D eigenvalue weighted by Crippen LogP contribution is -2.37. The van der Waals surface area contributed by atoms with Crippen molar-refractivity contribution in [3.8, 4) is 0 Å². The maximum Gasteiger partial charge on any atom is 0.407 e. The second kappa shape index (κ2) is 18.7. The highest BCUT2D eigenvalue weighted by atomic mass is 32.1. The standard InChI is InChI=1S/C21H23N3O3S.C16H15N3OS.2CH4/c1-21(2,3)27-20(26)23-12-18(16-7-9-28-13-16)19(25)24-17-5-4-15-11-22-8-6-14(15)10-17;17-8-15(13-4-6-21-10-13)16(20)19-14-2-1-12-9-18-5-3-11(12)7-14;;/h4-11,13,18H,12H2,1-3H3,(H,23,26)(H,24,25);1-7,9-10,15H,8,17H2,(H,19,20);2*1H4. The molecule has 5 N–H and O–H groups in total. The van der Waals surface area contributed by atoms with E-state index in [0.29, 0.717) is 12.2 Å². The first kappa shape index (κ1) is 40.3. The van der Waals surface area contributed by atoms with Crippen molar-refractivity contribution in [3.05, 3.63) is 118 Å². The zero-order valence-corrected chi connectivity index (χ0v) is 29.0. The van der Waals surface area contributed by atoms with Crippen LogP contribution in [-0.2, 0) is 14.3 Å². The van der Waals surface area contributed by atoms with E-state index >= 15 is 0 Å². The summed E-state index contributed by atoms with van der Waals surface area (Å²) in [4.78, 5) is 45.5. The molecule has 0 saturated heterocycles. The van der Waals surface area contributed by atoms with Gasteiger partial charge in [0.1, 0.15) is 5.60 Å². The van der Waals surface area contributed by atoms with Gasteiger partial charge in [0.25, 0.3) is 0 Å². The molecule has 0 spiro atoms. The maximum atomic E-state index is 12.9. The third kappa shape index (κ3) is 11.4. The molecule has 4 heterocycles. The molecule has 0 aliphatic rings. The molecule has 2 atom stereocenters. The second-order valence-corrected chi connectivity index (χ2v) is 13.8. The lowest BCUT2D eigenvalue weighted by Gasteiger charge is -2.21. The Labute approximate surface area is 307 Å². The first-order chi connectivity index (χ1) is 23.6. The molecule has 6 aromatic rings. The summed E-state index contributed by atoms with van der Waals surface area (Å²) < 4.78 is 5.27. The molecule has 2 unspecified atom stereocenters. The van der Waals surface area contributed by atoms with Crippen LogP contribution in [0.5, 0.6) is 0 Å². The summed E-state index contributed by atoms with van der Waals surface area (Å²) in [5.41, 5.74) is 8.43. The van der Waals surface area contributed by atoms with Crippen molar-refractivity contribution in [2.24, 2.45) is 5.73 Å². The molecular weight excluding hydrogens is 681 g/mol. The van der Waals surface area contributed by atoms with Gasteiger partial charge in [-0.2, -0.15) is 22.7 Å². The molecule has 0 saturated carbocycles. The second-order valence-electron chi connectivity index (χ2n) is 12.2. The number of nitrogens with two attached hydrogens (primary N) is 1. The highest BCUT2D eigenvalue weighted by molar-refractivity contribution is 7.08. The van der Waals surface area contributed by atoms with Gasteiger partial charge in [0.15, 0.2) is 0 Å². The number of thiophene rings is 2. The average molecular weight is 727 g/mol. The third-order valence-corrected chi connectivity index (χ3v) is 8.83. The molecule has 0 aliphatic carbocycles. The SMILES string of the molecule is C.C.CC(C)(C)OC(=O)NCC(C(=O)Nc1ccc2cnccc2c1)c1ccsc1.NCC(C(=O)Nc1ccc2cnccc2c1)c1ccsc1. The zero-order chi connectivity index (χ0) is 34.8. The minimum atomic E-state index is -0.593. The van der Waals surface area contributed by atoms with E-state index in [2.05, 4.69) is 25.9 Å². The number of nitrogens with one attached hydrogen (secondary N) is 3. The quantitative estimate of drug-likeness (QED) is 0.116. The summed E-state index contributed by atoms with van der Waals surface area (Å²) in [6, 6.07) is 19.1. The Balaban J connectivity index is 0.000000274. The molecular formula is C39H46N6O4S2. The maximum absolute atomic E-state index is 12.9. The molecule has 0 radical (unpaired) electrons. The van der Waals surface area contributed by atoms with Crippen molar-refractivity contribution in [1.82, 2.24) is 15.3 Å². The number of rotatable bonds is 9. The molecule has 0 bridgehead atoms. The van der Waals surface area contributed by atoms with Gasteiger partial charge in [-0.1, -0.05) is 27.0 Å². The largest absolute Gasteiger partial charge is 0.444 e. The molecule has 3 amide bonds. The number of fused-ring (bicyclic) bond motifs is 2. The predicted octanol–water partition coefficient (Wildman–Crippen LogP) is 8.79. The summed E-state index contributed by atoms with van der Waals surface area (Å²) in [6.07, 6.45) is 6.49. The Hall–Kier alpha value is -5.17. The number of benzene rings is 2. The average Bonchev–Trinajstić information content (AvgIpc) is 3.81. The third-order valence-electron chi connectivity index (χ3n) is 7.43. The highest BCUT2D eigenvalue weighted by Gasteiger charge is 2.24. The van der Waals surface area contributed by atoms with Crippen LogP contribution in [0.4, 0.5) is 16.2 Å². The van der Waals surface area contributed by atoms with Crippen molar-refractivity contribution in [2.45, 2.75) is 53.1 Å². The normalized spacial score (nSPS) is 11.8. The van der Waals surface area contributed by atoms with Gasteiger partial charge < -0.3 is 26.4 Å². The Bertz CT molecular complexity index is 2010. The van der Waals surface area contributed by atoms with E-state index in [0.717, 1.165) is 38.4 Å². The monoisotopic (exact) mass is 726 g/mol. The first-order valence-corrected chi connectivity index (χ1v) is 17.5. The van der Waals surface area contributed by atoms with Crippen molar-refractivity contribution < 1.29 is 19.1 Å². The number of nitrogens with zero attached hydrogens (tertiary/aromatic N) is 2. The number of hydrogen-bond acceptors (Lipinski definition) is 9. The van der Waals surface area contributed by atoms with E-state index in [9.17, 15) is 14.4 Å². The highest BCUT2D eigenvalue weighted by Crippen LogP contribution is 2.24. The summed E-state index contributed by atoms with van der Waals surface area (Å²) in [5, 5.41) is 20.4. The molecule has 10 nitrogen and oxygen atoms in total. The van der Waals surface area contributed by atoms with Crippen LogP contribution >= 0.6 is 22.7 Å².